The molecule has 1 unspecified atom stereocenters. The van der Waals surface area contributed by atoms with Crippen LogP contribution in [0, 0.1) is 0 Å². The normalized spacial score (nSPS) is 14.3. The molecule has 0 saturated carbocycles. The van der Waals surface area contributed by atoms with Gasteiger partial charge in [0.2, 0.25) is 0 Å². The highest BCUT2D eigenvalue weighted by atomic mass is 32.1. The van der Waals surface area contributed by atoms with E-state index >= 15 is 0 Å². The number of aromatic nitrogens is 1. The van der Waals surface area contributed by atoms with Crippen molar-refractivity contribution >= 4 is 11.3 Å². The van der Waals surface area contributed by atoms with E-state index in [0.29, 0.717) is 6.54 Å². The van der Waals surface area contributed by atoms with Gasteiger partial charge in [-0.2, -0.15) is 0 Å². The van der Waals surface area contributed by atoms with E-state index in [4.69, 9.17) is 15.5 Å². The molecule has 0 spiro atoms. The van der Waals surface area contributed by atoms with Crippen LogP contribution in [0.3, 0.4) is 0 Å². The topological polar surface area (TPSA) is 48.1 Å². The molecule has 0 bridgehead atoms. The van der Waals surface area contributed by atoms with E-state index in [9.17, 15) is 0 Å². The van der Waals surface area contributed by atoms with Gasteiger partial charge in [0.15, 0.2) is 0 Å². The number of benzene rings is 1. The van der Waals surface area contributed by atoms with Crippen molar-refractivity contribution in [3.63, 3.8) is 0 Å². The second-order valence-electron chi connectivity index (χ2n) is 4.73. The van der Waals surface area contributed by atoms with Crippen LogP contribution in [0.25, 0.3) is 11.3 Å². The van der Waals surface area contributed by atoms with Crippen LogP contribution in [-0.2, 0) is 16.9 Å². The molecule has 0 amide bonds. The Bertz CT molecular complexity index is 529. The first-order valence-corrected chi connectivity index (χ1v) is 7.31. The molecule has 0 aliphatic heterocycles. The minimum Gasteiger partial charge on any atom is -0.371 e. The average molecular weight is 276 g/mol. The van der Waals surface area contributed by atoms with Gasteiger partial charge in [0, 0.05) is 24.6 Å². The third-order valence-corrected chi connectivity index (χ3v) is 4.65. The Labute approximate surface area is 118 Å². The lowest BCUT2D eigenvalue weighted by molar-refractivity contribution is -0.00149. The third kappa shape index (κ3) is 2.86. The van der Waals surface area contributed by atoms with Crippen molar-refractivity contribution < 1.29 is 4.74 Å². The van der Waals surface area contributed by atoms with E-state index < -0.39 is 0 Å². The minimum absolute atomic E-state index is 0.292. The summed E-state index contributed by atoms with van der Waals surface area (Å²) in [4.78, 5) is 4.71. The second-order valence-corrected chi connectivity index (χ2v) is 5.59. The predicted molar refractivity (Wildman–Crippen MR) is 80.1 cm³/mol. The van der Waals surface area contributed by atoms with Crippen molar-refractivity contribution in [2.75, 3.05) is 7.11 Å². The molecule has 0 saturated heterocycles. The van der Waals surface area contributed by atoms with Gasteiger partial charge in [-0.25, -0.2) is 4.98 Å². The van der Waals surface area contributed by atoms with Crippen LogP contribution in [-0.4, -0.2) is 12.1 Å². The Kier molecular flexibility index (Phi) is 4.34. The van der Waals surface area contributed by atoms with Crippen molar-refractivity contribution in [3.8, 4) is 11.3 Å². The highest BCUT2D eigenvalue weighted by Gasteiger charge is 2.27. The lowest BCUT2D eigenvalue weighted by atomic mass is 10.0. The number of thiazole rings is 1. The monoisotopic (exact) mass is 276 g/mol. The smallest absolute Gasteiger partial charge is 0.125 e. The zero-order valence-corrected chi connectivity index (χ0v) is 12.5. The maximum atomic E-state index is 5.61. The number of hydrogen-bond acceptors (Lipinski definition) is 4. The van der Waals surface area contributed by atoms with E-state index in [1.807, 2.05) is 12.1 Å². The van der Waals surface area contributed by atoms with Crippen LogP contribution >= 0.6 is 11.3 Å². The molecule has 2 N–H and O–H groups in total. The number of hydrogen-bond donors (Lipinski definition) is 1. The molecule has 3 nitrogen and oxygen atoms in total. The summed E-state index contributed by atoms with van der Waals surface area (Å²) in [6.45, 7) is 4.76. The lowest BCUT2D eigenvalue weighted by Gasteiger charge is -2.23. The van der Waals surface area contributed by atoms with Crippen LogP contribution in [0.1, 0.15) is 30.8 Å². The van der Waals surface area contributed by atoms with Gasteiger partial charge >= 0.3 is 0 Å². The molecule has 102 valence electrons. The summed E-state index contributed by atoms with van der Waals surface area (Å²) in [6, 6.07) is 8.22. The molecular formula is C15H20N2OS. The van der Waals surface area contributed by atoms with Gasteiger partial charge in [-0.3, -0.25) is 0 Å². The number of methoxy groups -OCH3 is 1. The van der Waals surface area contributed by atoms with Gasteiger partial charge in [-0.1, -0.05) is 31.2 Å². The SMILES string of the molecule is CCC(C)(OC)c1nc(-c2ccc(CN)cc2)cs1. The summed E-state index contributed by atoms with van der Waals surface area (Å²) in [5.74, 6) is 0. The van der Waals surface area contributed by atoms with Crippen molar-refractivity contribution in [2.24, 2.45) is 5.73 Å². The van der Waals surface area contributed by atoms with Gasteiger partial charge < -0.3 is 10.5 Å². The van der Waals surface area contributed by atoms with Gasteiger partial charge in [0.25, 0.3) is 0 Å². The van der Waals surface area contributed by atoms with Gasteiger partial charge in [-0.15, -0.1) is 11.3 Å². The zero-order chi connectivity index (χ0) is 13.9. The minimum atomic E-state index is -0.292. The highest BCUT2D eigenvalue weighted by molar-refractivity contribution is 7.10. The average Bonchev–Trinajstić information content (AvgIpc) is 2.97. The van der Waals surface area contributed by atoms with Crippen LogP contribution < -0.4 is 5.73 Å². The summed E-state index contributed by atoms with van der Waals surface area (Å²) in [5, 5.41) is 3.11. The molecule has 1 aromatic heterocycles. The largest absolute Gasteiger partial charge is 0.371 e. The first-order chi connectivity index (χ1) is 9.12. The molecule has 2 rings (SSSR count). The standard InChI is InChI=1S/C15H20N2OS/c1-4-15(2,18-3)14-17-13(10-19-14)12-7-5-11(9-16)6-8-12/h5-8,10H,4,9,16H2,1-3H3. The Hall–Kier alpha value is -1.23. The summed E-state index contributed by atoms with van der Waals surface area (Å²) in [7, 11) is 1.74. The Morgan fingerprint density at radius 2 is 2.00 bits per heavy atom. The summed E-state index contributed by atoms with van der Waals surface area (Å²) < 4.78 is 5.59. The van der Waals surface area contributed by atoms with Crippen molar-refractivity contribution in [1.82, 2.24) is 4.98 Å². The van der Waals surface area contributed by atoms with Crippen LogP contribution in [0.4, 0.5) is 0 Å². The fourth-order valence-corrected chi connectivity index (χ4v) is 2.88. The number of rotatable bonds is 5. The molecule has 1 aromatic carbocycles. The molecule has 4 heteroatoms. The van der Waals surface area contributed by atoms with E-state index in [1.54, 1.807) is 18.4 Å². The summed E-state index contributed by atoms with van der Waals surface area (Å²) >= 11 is 1.65. The zero-order valence-electron chi connectivity index (χ0n) is 11.6. The van der Waals surface area contributed by atoms with E-state index in [0.717, 1.165) is 28.2 Å². The van der Waals surface area contributed by atoms with Crippen LogP contribution in [0.2, 0.25) is 0 Å². The number of ether oxygens (including phenoxy) is 1. The third-order valence-electron chi connectivity index (χ3n) is 3.57. The first kappa shape index (κ1) is 14.2. The lowest BCUT2D eigenvalue weighted by Crippen LogP contribution is -2.22. The van der Waals surface area contributed by atoms with E-state index in [1.165, 1.54) is 0 Å². The molecule has 2 aromatic rings. The highest BCUT2D eigenvalue weighted by Crippen LogP contribution is 2.33. The molecule has 0 aliphatic rings. The maximum Gasteiger partial charge on any atom is 0.125 e. The Balaban J connectivity index is 2.29. The molecule has 0 aliphatic carbocycles. The predicted octanol–water partition coefficient (Wildman–Crippen LogP) is 3.54. The Morgan fingerprint density at radius 1 is 1.32 bits per heavy atom. The fraction of sp³-hybridized carbons (Fsp3) is 0.400. The van der Waals surface area contributed by atoms with Gasteiger partial charge in [-0.05, 0) is 18.9 Å². The molecule has 0 fully saturated rings. The molecule has 0 radical (unpaired) electrons. The Morgan fingerprint density at radius 3 is 2.53 bits per heavy atom. The fourth-order valence-electron chi connectivity index (χ4n) is 1.84. The van der Waals surface area contributed by atoms with E-state index in [-0.39, 0.29) is 5.60 Å². The first-order valence-electron chi connectivity index (χ1n) is 6.43. The maximum absolute atomic E-state index is 5.61. The van der Waals surface area contributed by atoms with Crippen molar-refractivity contribution in [1.29, 1.82) is 0 Å². The molecule has 1 heterocycles. The quantitative estimate of drug-likeness (QED) is 0.908. The van der Waals surface area contributed by atoms with E-state index in [2.05, 4.69) is 31.4 Å². The van der Waals surface area contributed by atoms with Crippen molar-refractivity contribution in [2.45, 2.75) is 32.4 Å². The number of nitrogens with two attached hydrogens (primary N) is 1. The van der Waals surface area contributed by atoms with Crippen LogP contribution in [0.15, 0.2) is 29.6 Å². The van der Waals surface area contributed by atoms with Gasteiger partial charge in [0.05, 0.1) is 5.69 Å². The van der Waals surface area contributed by atoms with Gasteiger partial charge in [0.1, 0.15) is 10.6 Å². The van der Waals surface area contributed by atoms with Crippen LogP contribution in [0.5, 0.6) is 0 Å². The summed E-state index contributed by atoms with van der Waals surface area (Å²) in [6.07, 6.45) is 0.905. The number of nitrogens with zero attached hydrogens (tertiary/aromatic N) is 1. The van der Waals surface area contributed by atoms with Crippen molar-refractivity contribution in [3.05, 3.63) is 40.2 Å². The second kappa shape index (κ2) is 5.82. The summed E-state index contributed by atoms with van der Waals surface area (Å²) in [5.41, 5.74) is 8.57. The molecular weight excluding hydrogens is 256 g/mol. The molecule has 1 atom stereocenters. The molecule has 19 heavy (non-hydrogen) atoms.